The van der Waals surface area contributed by atoms with Gasteiger partial charge in [-0.25, -0.2) is 9.97 Å². The van der Waals surface area contributed by atoms with Crippen molar-refractivity contribution in [3.63, 3.8) is 0 Å². The number of aryl methyl sites for hydroxylation is 2. The Morgan fingerprint density at radius 1 is 1.14 bits per heavy atom. The third kappa shape index (κ3) is 5.10. The zero-order valence-corrected chi connectivity index (χ0v) is 24.4. The van der Waals surface area contributed by atoms with Crippen molar-refractivity contribution >= 4 is 21.8 Å². The van der Waals surface area contributed by atoms with Gasteiger partial charge in [0.05, 0.1) is 29.1 Å². The second kappa shape index (κ2) is 10.7. The van der Waals surface area contributed by atoms with Gasteiger partial charge in [0.2, 0.25) is 0 Å². The summed E-state index contributed by atoms with van der Waals surface area (Å²) in [5.41, 5.74) is 5.14. The number of aromatic nitrogens is 2. The Morgan fingerprint density at radius 2 is 1.84 bits per heavy atom. The van der Waals surface area contributed by atoms with E-state index in [0.29, 0.717) is 17.6 Å². The summed E-state index contributed by atoms with van der Waals surface area (Å²) in [6.07, 6.45) is 4.70. The van der Waals surface area contributed by atoms with Crippen molar-refractivity contribution in [3.05, 3.63) is 57.1 Å². The van der Waals surface area contributed by atoms with E-state index in [0.717, 1.165) is 74.5 Å². The number of fused-ring (bicyclic) bond motifs is 1. The molecule has 2 fully saturated rings. The molecule has 8 heteroatoms. The minimum Gasteiger partial charge on any atom is -0.376 e. The van der Waals surface area contributed by atoms with Crippen LogP contribution in [0.4, 0.5) is 0 Å². The molecular formula is C29H40BrN5O2. The van der Waals surface area contributed by atoms with Crippen LogP contribution >= 0.6 is 15.9 Å². The van der Waals surface area contributed by atoms with Crippen molar-refractivity contribution in [2.75, 3.05) is 39.3 Å². The van der Waals surface area contributed by atoms with Gasteiger partial charge >= 0.3 is 0 Å². The van der Waals surface area contributed by atoms with Crippen LogP contribution in [0.5, 0.6) is 0 Å². The number of halogens is 1. The zero-order valence-electron chi connectivity index (χ0n) is 22.8. The summed E-state index contributed by atoms with van der Waals surface area (Å²) in [6, 6.07) is 7.47. The Morgan fingerprint density at radius 3 is 2.49 bits per heavy atom. The quantitative estimate of drug-likeness (QED) is 0.526. The molecule has 3 heterocycles. The largest absolute Gasteiger partial charge is 0.376 e. The van der Waals surface area contributed by atoms with Gasteiger partial charge in [-0.2, -0.15) is 0 Å². The van der Waals surface area contributed by atoms with Crippen molar-refractivity contribution in [1.82, 2.24) is 24.7 Å². The van der Waals surface area contributed by atoms with Crippen molar-refractivity contribution in [3.8, 4) is 0 Å². The Labute approximate surface area is 229 Å². The number of likely N-dealkylation sites (tertiary alicyclic amines) is 1. The maximum absolute atomic E-state index is 13.3. The van der Waals surface area contributed by atoms with Crippen LogP contribution in [0, 0.1) is 13.8 Å². The molecule has 2 aliphatic heterocycles. The topological polar surface area (TPSA) is 61.8 Å². The number of ether oxygens (including phenoxy) is 1. The predicted molar refractivity (Wildman–Crippen MR) is 149 cm³/mol. The summed E-state index contributed by atoms with van der Waals surface area (Å²) in [6.45, 7) is 16.1. The third-order valence-corrected chi connectivity index (χ3v) is 9.44. The highest BCUT2D eigenvalue weighted by atomic mass is 79.9. The maximum atomic E-state index is 13.3. The lowest BCUT2D eigenvalue weighted by atomic mass is 9.86. The molecule has 1 aromatic heterocycles. The molecule has 200 valence electrons. The molecule has 2 saturated heterocycles. The van der Waals surface area contributed by atoms with Crippen molar-refractivity contribution < 1.29 is 9.53 Å². The molecule has 2 unspecified atom stereocenters. The smallest absolute Gasteiger partial charge is 0.257 e. The first-order valence-electron chi connectivity index (χ1n) is 13.7. The van der Waals surface area contributed by atoms with E-state index in [-0.39, 0.29) is 17.6 Å². The monoisotopic (exact) mass is 569 g/mol. The number of piperidine rings is 1. The summed E-state index contributed by atoms with van der Waals surface area (Å²) in [5, 5.41) is 0. The van der Waals surface area contributed by atoms with E-state index in [2.05, 4.69) is 74.7 Å². The van der Waals surface area contributed by atoms with Crippen LogP contribution in [0.2, 0.25) is 0 Å². The number of hydrogen-bond donors (Lipinski definition) is 0. The highest BCUT2D eigenvalue weighted by Gasteiger charge is 2.44. The number of amides is 1. The number of piperazine rings is 1. The first-order valence-corrected chi connectivity index (χ1v) is 14.5. The number of carbonyl (C=O) groups excluding carboxylic acids is 1. The molecule has 0 bridgehead atoms. The lowest BCUT2D eigenvalue weighted by Crippen LogP contribution is -2.62. The molecule has 2 aromatic rings. The van der Waals surface area contributed by atoms with E-state index in [9.17, 15) is 4.79 Å². The molecule has 0 saturated carbocycles. The van der Waals surface area contributed by atoms with Crippen LogP contribution in [0.1, 0.15) is 72.5 Å². The fourth-order valence-corrected chi connectivity index (χ4v) is 7.18. The van der Waals surface area contributed by atoms with E-state index in [1.807, 2.05) is 18.7 Å². The number of nitrogens with zero attached hydrogens (tertiary/aromatic N) is 5. The molecule has 5 rings (SSSR count). The Hall–Kier alpha value is -1.87. The van der Waals surface area contributed by atoms with Crippen LogP contribution in [0.25, 0.3) is 0 Å². The molecule has 3 atom stereocenters. The van der Waals surface area contributed by atoms with Crippen LogP contribution in [0.3, 0.4) is 0 Å². The van der Waals surface area contributed by atoms with Gasteiger partial charge in [0, 0.05) is 61.8 Å². The molecule has 7 nitrogen and oxygen atoms in total. The average molecular weight is 571 g/mol. The summed E-state index contributed by atoms with van der Waals surface area (Å²) in [4.78, 5) is 29.2. The molecule has 3 aliphatic rings. The van der Waals surface area contributed by atoms with Crippen LogP contribution in [-0.4, -0.2) is 87.6 Å². The molecule has 0 radical (unpaired) electrons. The van der Waals surface area contributed by atoms with Gasteiger partial charge in [0.15, 0.2) is 0 Å². The van der Waals surface area contributed by atoms with Gasteiger partial charge in [-0.1, -0.05) is 22.0 Å². The van der Waals surface area contributed by atoms with Gasteiger partial charge < -0.3 is 9.64 Å². The second-order valence-electron chi connectivity index (χ2n) is 11.2. The van der Waals surface area contributed by atoms with Crippen LogP contribution in [0.15, 0.2) is 29.0 Å². The van der Waals surface area contributed by atoms with Crippen molar-refractivity contribution in [2.45, 2.75) is 77.6 Å². The highest BCUT2D eigenvalue weighted by Crippen LogP contribution is 2.42. The van der Waals surface area contributed by atoms with Crippen LogP contribution < -0.4 is 0 Å². The zero-order chi connectivity index (χ0) is 26.3. The number of hydrogen-bond acceptors (Lipinski definition) is 6. The molecule has 1 aromatic carbocycles. The standard InChI is InChI=1S/C29H40BrN5O2/c1-6-37-25-16-22-15-23(30)7-8-24(22)27(25)35-14-13-34(17-19(35)2)29(5)9-11-33(12-10-29)28(36)26-20(3)31-18-32-21(26)4/h7-8,15,18-19,25,27H,6,9-14,16-17H2,1-5H3/t19?,25?,27-/m1/s1. The number of rotatable bonds is 5. The first-order chi connectivity index (χ1) is 17.7. The fraction of sp³-hybridized carbons (Fsp3) is 0.621. The van der Waals surface area contributed by atoms with Gasteiger partial charge in [-0.05, 0) is 70.7 Å². The first kappa shape index (κ1) is 26.7. The molecule has 1 amide bonds. The van der Waals surface area contributed by atoms with Crippen LogP contribution in [-0.2, 0) is 11.2 Å². The summed E-state index contributed by atoms with van der Waals surface area (Å²) in [5.74, 6) is 0.0735. The Balaban J connectivity index is 1.25. The molecule has 37 heavy (non-hydrogen) atoms. The number of benzene rings is 1. The van der Waals surface area contributed by atoms with Crippen molar-refractivity contribution in [2.24, 2.45) is 0 Å². The lowest BCUT2D eigenvalue weighted by Gasteiger charge is -2.53. The maximum Gasteiger partial charge on any atom is 0.257 e. The second-order valence-corrected chi connectivity index (χ2v) is 12.1. The molecule has 0 N–H and O–H groups in total. The van der Waals surface area contributed by atoms with Gasteiger partial charge in [0.1, 0.15) is 6.33 Å². The van der Waals surface area contributed by atoms with Gasteiger partial charge in [-0.3, -0.25) is 14.6 Å². The lowest BCUT2D eigenvalue weighted by molar-refractivity contribution is -0.0630. The van der Waals surface area contributed by atoms with E-state index >= 15 is 0 Å². The highest BCUT2D eigenvalue weighted by molar-refractivity contribution is 9.10. The minimum atomic E-state index is 0.0735. The normalized spacial score (nSPS) is 26.3. The third-order valence-electron chi connectivity index (χ3n) is 8.95. The molecular weight excluding hydrogens is 530 g/mol. The van der Waals surface area contributed by atoms with E-state index in [1.54, 1.807) is 0 Å². The van der Waals surface area contributed by atoms with E-state index in [1.165, 1.54) is 17.5 Å². The summed E-state index contributed by atoms with van der Waals surface area (Å²) >= 11 is 3.65. The Kier molecular flexibility index (Phi) is 7.74. The Bertz CT molecular complexity index is 1130. The summed E-state index contributed by atoms with van der Waals surface area (Å²) in [7, 11) is 0. The van der Waals surface area contributed by atoms with Crippen molar-refractivity contribution in [1.29, 1.82) is 0 Å². The minimum absolute atomic E-state index is 0.0735. The average Bonchev–Trinajstić information content (AvgIpc) is 3.21. The SMILES string of the molecule is CCOC1Cc2cc(Br)ccc2[C@H]1N1CCN(C2(C)CCN(C(=O)c3c(C)ncnc3C)CC2)CC1C. The molecule has 0 spiro atoms. The predicted octanol–water partition coefficient (Wildman–Crippen LogP) is 4.56. The van der Waals surface area contributed by atoms with Gasteiger partial charge in [0.25, 0.3) is 5.91 Å². The van der Waals surface area contributed by atoms with E-state index in [4.69, 9.17) is 4.74 Å². The van der Waals surface area contributed by atoms with E-state index < -0.39 is 0 Å². The molecule has 1 aliphatic carbocycles. The van der Waals surface area contributed by atoms with Gasteiger partial charge in [-0.15, -0.1) is 0 Å². The number of carbonyl (C=O) groups is 1. The fourth-order valence-electron chi connectivity index (χ4n) is 6.77. The summed E-state index contributed by atoms with van der Waals surface area (Å²) < 4.78 is 7.41.